The van der Waals surface area contributed by atoms with E-state index in [-0.39, 0.29) is 12.5 Å². The molecule has 0 bridgehead atoms. The average molecular weight is 292 g/mol. The number of hydrogen-bond donors (Lipinski definition) is 2. The Morgan fingerprint density at radius 1 is 1.38 bits per heavy atom. The summed E-state index contributed by atoms with van der Waals surface area (Å²) >= 11 is 0. The number of ether oxygens (including phenoxy) is 1. The molecule has 6 nitrogen and oxygen atoms in total. The van der Waals surface area contributed by atoms with Crippen LogP contribution in [-0.2, 0) is 9.53 Å². The summed E-state index contributed by atoms with van der Waals surface area (Å²) in [6, 6.07) is 4.07. The second kappa shape index (κ2) is 5.52. The molecule has 0 atom stereocenters. The lowest BCUT2D eigenvalue weighted by Gasteiger charge is -2.33. The summed E-state index contributed by atoms with van der Waals surface area (Å²) < 4.78 is 7.21. The summed E-state index contributed by atoms with van der Waals surface area (Å²) in [5.74, 6) is -1.05. The number of aromatic nitrogens is 1. The van der Waals surface area contributed by atoms with Crippen molar-refractivity contribution in [1.29, 1.82) is 0 Å². The maximum atomic E-state index is 12.3. The van der Waals surface area contributed by atoms with Gasteiger partial charge in [0, 0.05) is 32.0 Å². The van der Waals surface area contributed by atoms with E-state index in [1.54, 1.807) is 6.07 Å². The smallest absolute Gasteiger partial charge is 0.311 e. The van der Waals surface area contributed by atoms with Gasteiger partial charge in [0.2, 0.25) is 0 Å². The standard InChI is InChI=1S/C15H20N2O4/c18-13(12-2-1-7-17(12)11-3-4-11)16-10-15(14(19)20)5-8-21-9-6-15/h1-2,7,11H,3-6,8-10H2,(H,16,18)(H,19,20). The quantitative estimate of drug-likeness (QED) is 0.860. The van der Waals surface area contributed by atoms with Crippen LogP contribution in [0.1, 0.15) is 42.2 Å². The lowest BCUT2D eigenvalue weighted by Crippen LogP contribution is -2.46. The Morgan fingerprint density at radius 2 is 2.10 bits per heavy atom. The number of carboxylic acids is 1. The molecular weight excluding hydrogens is 272 g/mol. The van der Waals surface area contributed by atoms with Gasteiger partial charge in [0.05, 0.1) is 5.41 Å². The Morgan fingerprint density at radius 3 is 2.71 bits per heavy atom. The van der Waals surface area contributed by atoms with Crippen LogP contribution < -0.4 is 5.32 Å². The highest BCUT2D eigenvalue weighted by Crippen LogP contribution is 2.36. The molecule has 2 N–H and O–H groups in total. The first-order valence-electron chi connectivity index (χ1n) is 7.39. The topological polar surface area (TPSA) is 80.6 Å². The Labute approximate surface area is 123 Å². The first-order chi connectivity index (χ1) is 10.1. The van der Waals surface area contributed by atoms with Gasteiger partial charge in [0.25, 0.3) is 5.91 Å². The molecule has 0 spiro atoms. The number of rotatable bonds is 5. The molecule has 1 aliphatic heterocycles. The van der Waals surface area contributed by atoms with Crippen LogP contribution in [0.25, 0.3) is 0 Å². The average Bonchev–Trinajstić information content (AvgIpc) is 3.22. The van der Waals surface area contributed by atoms with Crippen LogP contribution in [0.5, 0.6) is 0 Å². The molecule has 2 aliphatic rings. The summed E-state index contributed by atoms with van der Waals surface area (Å²) in [7, 11) is 0. The van der Waals surface area contributed by atoms with Crippen molar-refractivity contribution in [3.8, 4) is 0 Å². The molecule has 6 heteroatoms. The molecule has 1 aliphatic carbocycles. The lowest BCUT2D eigenvalue weighted by molar-refractivity contribution is -0.154. The van der Waals surface area contributed by atoms with Gasteiger partial charge in [-0.25, -0.2) is 0 Å². The van der Waals surface area contributed by atoms with Gasteiger partial charge in [0.1, 0.15) is 5.69 Å². The van der Waals surface area contributed by atoms with Crippen LogP contribution in [0.4, 0.5) is 0 Å². The maximum absolute atomic E-state index is 12.3. The van der Waals surface area contributed by atoms with Gasteiger partial charge in [-0.15, -0.1) is 0 Å². The zero-order valence-electron chi connectivity index (χ0n) is 11.9. The van der Waals surface area contributed by atoms with Crippen molar-refractivity contribution in [3.05, 3.63) is 24.0 Å². The molecular formula is C15H20N2O4. The van der Waals surface area contributed by atoms with E-state index in [2.05, 4.69) is 5.32 Å². The minimum atomic E-state index is -0.898. The SMILES string of the molecule is O=C(NCC1(C(=O)O)CCOCC1)c1cccn1C1CC1. The molecule has 1 saturated carbocycles. The second-order valence-electron chi connectivity index (χ2n) is 5.91. The third-order valence-corrected chi connectivity index (χ3v) is 4.44. The van der Waals surface area contributed by atoms with E-state index in [4.69, 9.17) is 4.74 Å². The van der Waals surface area contributed by atoms with Crippen molar-refractivity contribution in [2.75, 3.05) is 19.8 Å². The summed E-state index contributed by atoms with van der Waals surface area (Å²) in [5, 5.41) is 12.3. The molecule has 1 aromatic heterocycles. The molecule has 1 aromatic rings. The summed E-state index contributed by atoms with van der Waals surface area (Å²) in [4.78, 5) is 23.9. The van der Waals surface area contributed by atoms with E-state index in [1.165, 1.54) is 0 Å². The van der Waals surface area contributed by atoms with E-state index >= 15 is 0 Å². The van der Waals surface area contributed by atoms with Crippen LogP contribution in [0.2, 0.25) is 0 Å². The highest BCUT2D eigenvalue weighted by molar-refractivity contribution is 5.93. The number of amides is 1. The van der Waals surface area contributed by atoms with Gasteiger partial charge in [-0.1, -0.05) is 0 Å². The monoisotopic (exact) mass is 292 g/mol. The van der Waals surface area contributed by atoms with Crippen LogP contribution in [-0.4, -0.2) is 41.3 Å². The van der Waals surface area contributed by atoms with Crippen molar-refractivity contribution in [3.63, 3.8) is 0 Å². The molecule has 114 valence electrons. The molecule has 21 heavy (non-hydrogen) atoms. The van der Waals surface area contributed by atoms with Crippen molar-refractivity contribution < 1.29 is 19.4 Å². The molecule has 0 unspecified atom stereocenters. The molecule has 1 saturated heterocycles. The van der Waals surface area contributed by atoms with Gasteiger partial charge < -0.3 is 19.7 Å². The van der Waals surface area contributed by atoms with Gasteiger partial charge in [-0.3, -0.25) is 9.59 Å². The number of hydrogen-bond acceptors (Lipinski definition) is 3. The fraction of sp³-hybridized carbons (Fsp3) is 0.600. The number of aliphatic carboxylic acids is 1. The highest BCUT2D eigenvalue weighted by Gasteiger charge is 2.40. The Balaban J connectivity index is 1.66. The molecule has 0 aromatic carbocycles. The minimum absolute atomic E-state index is 0.153. The normalized spacial score (nSPS) is 21.0. The van der Waals surface area contributed by atoms with Crippen LogP contribution in [0.3, 0.4) is 0 Å². The first-order valence-corrected chi connectivity index (χ1v) is 7.39. The second-order valence-corrected chi connectivity index (χ2v) is 5.91. The van der Waals surface area contributed by atoms with Crippen LogP contribution in [0.15, 0.2) is 18.3 Å². The molecule has 1 amide bonds. The van der Waals surface area contributed by atoms with Crippen molar-refractivity contribution >= 4 is 11.9 Å². The predicted molar refractivity (Wildman–Crippen MR) is 75.2 cm³/mol. The van der Waals surface area contributed by atoms with Crippen molar-refractivity contribution in [2.24, 2.45) is 5.41 Å². The molecule has 3 rings (SSSR count). The zero-order valence-corrected chi connectivity index (χ0v) is 11.9. The van der Waals surface area contributed by atoms with Crippen molar-refractivity contribution in [2.45, 2.75) is 31.7 Å². The fourth-order valence-electron chi connectivity index (χ4n) is 2.83. The van der Waals surface area contributed by atoms with E-state index in [9.17, 15) is 14.7 Å². The fourth-order valence-corrected chi connectivity index (χ4v) is 2.83. The number of carbonyl (C=O) groups is 2. The van der Waals surface area contributed by atoms with Gasteiger partial charge in [-0.2, -0.15) is 0 Å². The summed E-state index contributed by atoms with van der Waals surface area (Å²) in [6.45, 7) is 1.02. The van der Waals surface area contributed by atoms with E-state index in [1.807, 2.05) is 16.8 Å². The van der Waals surface area contributed by atoms with E-state index in [0.717, 1.165) is 12.8 Å². The third kappa shape index (κ3) is 2.81. The predicted octanol–water partition coefficient (Wildman–Crippen LogP) is 1.43. The van der Waals surface area contributed by atoms with Crippen LogP contribution >= 0.6 is 0 Å². The number of nitrogens with zero attached hydrogens (tertiary/aromatic N) is 1. The van der Waals surface area contributed by atoms with Crippen molar-refractivity contribution in [1.82, 2.24) is 9.88 Å². The number of carboxylic acid groups (broad SMARTS) is 1. The summed E-state index contributed by atoms with van der Waals surface area (Å²) in [5.41, 5.74) is -0.282. The van der Waals surface area contributed by atoms with E-state index in [0.29, 0.717) is 37.8 Å². The maximum Gasteiger partial charge on any atom is 0.311 e. The number of nitrogens with one attached hydrogen (secondary N) is 1. The molecule has 0 radical (unpaired) electrons. The van der Waals surface area contributed by atoms with Gasteiger partial charge in [0.15, 0.2) is 0 Å². The minimum Gasteiger partial charge on any atom is -0.481 e. The lowest BCUT2D eigenvalue weighted by atomic mass is 9.80. The van der Waals surface area contributed by atoms with Crippen LogP contribution in [0, 0.1) is 5.41 Å². The number of carbonyl (C=O) groups excluding carboxylic acids is 1. The highest BCUT2D eigenvalue weighted by atomic mass is 16.5. The zero-order chi connectivity index (χ0) is 14.9. The largest absolute Gasteiger partial charge is 0.481 e. The Kier molecular flexibility index (Phi) is 3.71. The molecule has 2 fully saturated rings. The summed E-state index contributed by atoms with van der Waals surface area (Å²) in [6.07, 6.45) is 4.99. The van der Waals surface area contributed by atoms with Gasteiger partial charge >= 0.3 is 5.97 Å². The van der Waals surface area contributed by atoms with E-state index < -0.39 is 11.4 Å². The molecule has 2 heterocycles. The Bertz CT molecular complexity index is 542. The third-order valence-electron chi connectivity index (χ3n) is 4.44. The Hall–Kier alpha value is -1.82. The first kappa shape index (κ1) is 14.1. The van der Waals surface area contributed by atoms with Gasteiger partial charge in [-0.05, 0) is 37.8 Å².